The van der Waals surface area contributed by atoms with Crippen molar-refractivity contribution in [3.8, 4) is 0 Å². The van der Waals surface area contributed by atoms with Crippen LogP contribution in [-0.2, 0) is 10.1 Å². The number of pyridine rings is 1. The molecule has 0 aliphatic heterocycles. The van der Waals surface area contributed by atoms with Gasteiger partial charge in [-0.25, -0.2) is 0 Å². The summed E-state index contributed by atoms with van der Waals surface area (Å²) in [6.45, 7) is 3.67. The minimum atomic E-state index is -4.09. The van der Waals surface area contributed by atoms with Crippen molar-refractivity contribution in [2.75, 3.05) is 0 Å². The van der Waals surface area contributed by atoms with Gasteiger partial charge in [0.25, 0.3) is 5.56 Å². The van der Waals surface area contributed by atoms with Gasteiger partial charge in [0.05, 0.1) is 5.69 Å². The molecule has 1 aliphatic carbocycles. The van der Waals surface area contributed by atoms with Gasteiger partial charge < -0.3 is 0 Å². The molecule has 0 unspecified atom stereocenters. The van der Waals surface area contributed by atoms with E-state index in [4.69, 9.17) is 4.28 Å². The predicted molar refractivity (Wildman–Crippen MR) is 96.8 cm³/mol. The normalized spacial score (nSPS) is 14.6. The average molecular weight is 359 g/mol. The molecule has 0 spiro atoms. The predicted octanol–water partition coefficient (Wildman–Crippen LogP) is 3.24. The van der Waals surface area contributed by atoms with E-state index in [9.17, 15) is 13.2 Å². The van der Waals surface area contributed by atoms with E-state index in [0.29, 0.717) is 5.69 Å². The van der Waals surface area contributed by atoms with Crippen molar-refractivity contribution in [3.05, 3.63) is 69.1 Å². The molecule has 1 aromatic heterocycles. The van der Waals surface area contributed by atoms with Crippen molar-refractivity contribution < 1.29 is 12.7 Å². The molecule has 132 valence electrons. The smallest absolute Gasteiger partial charge is 0.280 e. The van der Waals surface area contributed by atoms with Crippen LogP contribution in [0.2, 0.25) is 0 Å². The lowest BCUT2D eigenvalue weighted by atomic mass is 10.1. The van der Waals surface area contributed by atoms with E-state index in [1.54, 1.807) is 25.1 Å². The quantitative estimate of drug-likeness (QED) is 0.841. The van der Waals surface area contributed by atoms with Gasteiger partial charge >= 0.3 is 10.1 Å². The van der Waals surface area contributed by atoms with Crippen LogP contribution in [0.1, 0.15) is 42.5 Å². The summed E-state index contributed by atoms with van der Waals surface area (Å²) in [5.74, 6) is 0. The fourth-order valence-electron chi connectivity index (χ4n) is 2.92. The van der Waals surface area contributed by atoms with Gasteiger partial charge in [-0.05, 0) is 69.4 Å². The van der Waals surface area contributed by atoms with E-state index >= 15 is 0 Å². The summed E-state index contributed by atoms with van der Waals surface area (Å²) < 4.78 is 31.1. The highest BCUT2D eigenvalue weighted by Crippen LogP contribution is 2.26. The Hall–Kier alpha value is -2.34. The molecule has 3 rings (SSSR count). The number of hydrogen-bond donors (Lipinski definition) is 0. The molecule has 1 saturated carbocycles. The minimum absolute atomic E-state index is 0.0186. The second-order valence-corrected chi connectivity index (χ2v) is 7.97. The maximum Gasteiger partial charge on any atom is 0.357 e. The molecule has 0 bridgehead atoms. The van der Waals surface area contributed by atoms with Gasteiger partial charge in [0.15, 0.2) is 0 Å². The third-order valence-electron chi connectivity index (χ3n) is 4.24. The third kappa shape index (κ3) is 4.02. The molecule has 0 N–H and O–H groups in total. The molecule has 25 heavy (non-hydrogen) atoms. The summed E-state index contributed by atoms with van der Waals surface area (Å²) in [4.78, 5) is 12.4. The van der Waals surface area contributed by atoms with Crippen molar-refractivity contribution in [3.63, 3.8) is 0 Å². The molecule has 1 fully saturated rings. The van der Waals surface area contributed by atoms with Gasteiger partial charge in [0, 0.05) is 6.07 Å². The Kier molecular flexibility index (Phi) is 4.81. The summed E-state index contributed by atoms with van der Waals surface area (Å²) in [7, 11) is -4.09. The van der Waals surface area contributed by atoms with Gasteiger partial charge in [-0.2, -0.15) is 8.42 Å². The van der Waals surface area contributed by atoms with E-state index in [2.05, 4.69) is 0 Å². The summed E-state index contributed by atoms with van der Waals surface area (Å²) >= 11 is 0. The molecule has 1 aromatic carbocycles. The Morgan fingerprint density at radius 3 is 2.28 bits per heavy atom. The van der Waals surface area contributed by atoms with E-state index in [0.717, 1.165) is 41.5 Å². The Labute approximate surface area is 147 Å². The van der Waals surface area contributed by atoms with Crippen LogP contribution >= 0.6 is 0 Å². The number of aryl methyl sites for hydroxylation is 2. The monoisotopic (exact) mass is 359 g/mol. The van der Waals surface area contributed by atoms with Crippen LogP contribution in [0.4, 0.5) is 0 Å². The molecule has 1 aliphatic rings. The van der Waals surface area contributed by atoms with Crippen molar-refractivity contribution in [2.24, 2.45) is 0 Å². The zero-order chi connectivity index (χ0) is 18.0. The number of aromatic nitrogens is 1. The van der Waals surface area contributed by atoms with Crippen molar-refractivity contribution in [2.45, 2.75) is 44.4 Å². The Morgan fingerprint density at radius 1 is 1.00 bits per heavy atom. The highest BCUT2D eigenvalue weighted by molar-refractivity contribution is 7.87. The Morgan fingerprint density at radius 2 is 1.64 bits per heavy atom. The lowest BCUT2D eigenvalue weighted by molar-refractivity contribution is 0.264. The van der Waals surface area contributed by atoms with E-state index < -0.39 is 15.7 Å². The largest absolute Gasteiger partial charge is 0.357 e. The molecule has 0 radical (unpaired) electrons. The van der Waals surface area contributed by atoms with Gasteiger partial charge in [-0.3, -0.25) is 9.08 Å². The summed E-state index contributed by atoms with van der Waals surface area (Å²) in [5.41, 5.74) is 2.87. The maximum atomic E-state index is 12.5. The molecule has 6 heteroatoms. The molecule has 5 nitrogen and oxygen atoms in total. The number of benzene rings is 1. The lowest BCUT2D eigenvalue weighted by Gasteiger charge is -2.13. The van der Waals surface area contributed by atoms with E-state index in [1.165, 1.54) is 23.8 Å². The first-order valence-corrected chi connectivity index (χ1v) is 9.71. The summed E-state index contributed by atoms with van der Waals surface area (Å²) in [5, 5.41) is 0. The first-order chi connectivity index (χ1) is 11.8. The molecule has 2 aromatic rings. The minimum Gasteiger partial charge on any atom is -0.280 e. The molecule has 0 atom stereocenters. The van der Waals surface area contributed by atoms with E-state index in [-0.39, 0.29) is 4.90 Å². The van der Waals surface area contributed by atoms with Crippen LogP contribution in [0.3, 0.4) is 0 Å². The van der Waals surface area contributed by atoms with Crippen molar-refractivity contribution in [1.82, 2.24) is 4.73 Å². The van der Waals surface area contributed by atoms with Gasteiger partial charge in [0.1, 0.15) is 4.90 Å². The summed E-state index contributed by atoms with van der Waals surface area (Å²) in [6.07, 6.45) is 6.03. The van der Waals surface area contributed by atoms with Crippen LogP contribution in [0.25, 0.3) is 6.08 Å². The van der Waals surface area contributed by atoms with Crippen LogP contribution in [-0.4, -0.2) is 13.1 Å². The Bertz CT molecular complexity index is 961. The van der Waals surface area contributed by atoms with E-state index in [1.807, 2.05) is 13.0 Å². The Balaban J connectivity index is 2.03. The molecule has 0 amide bonds. The third-order valence-corrected chi connectivity index (χ3v) is 5.44. The van der Waals surface area contributed by atoms with Crippen molar-refractivity contribution >= 4 is 16.2 Å². The standard InChI is InChI=1S/C19H21NO4S/c1-14-7-9-18(10-8-14)25(22,23)24-20-17(11-15(2)12-19(20)21)13-16-5-3-4-6-16/h7-13H,3-6H2,1-2H3. The average Bonchev–Trinajstić information content (AvgIpc) is 3.04. The number of nitrogens with zero attached hydrogens (tertiary/aromatic N) is 1. The fourth-order valence-corrected chi connectivity index (χ4v) is 3.83. The second-order valence-electron chi connectivity index (χ2n) is 6.44. The number of allylic oxidation sites excluding steroid dienone is 1. The first-order valence-electron chi connectivity index (χ1n) is 8.30. The molecular weight excluding hydrogens is 338 g/mol. The van der Waals surface area contributed by atoms with Crippen LogP contribution in [0, 0.1) is 13.8 Å². The second kappa shape index (κ2) is 6.88. The van der Waals surface area contributed by atoms with Crippen LogP contribution < -0.4 is 9.84 Å². The van der Waals surface area contributed by atoms with Crippen LogP contribution in [0.15, 0.2) is 51.7 Å². The highest BCUT2D eigenvalue weighted by atomic mass is 32.2. The zero-order valence-electron chi connectivity index (χ0n) is 14.4. The van der Waals surface area contributed by atoms with Gasteiger partial charge in [-0.15, -0.1) is 4.73 Å². The van der Waals surface area contributed by atoms with Gasteiger partial charge in [-0.1, -0.05) is 23.3 Å². The van der Waals surface area contributed by atoms with Gasteiger partial charge in [0.2, 0.25) is 0 Å². The zero-order valence-corrected chi connectivity index (χ0v) is 15.2. The van der Waals surface area contributed by atoms with Crippen molar-refractivity contribution in [1.29, 1.82) is 0 Å². The maximum absolute atomic E-state index is 12.5. The topological polar surface area (TPSA) is 65.4 Å². The van der Waals surface area contributed by atoms with Crippen LogP contribution in [0.5, 0.6) is 0 Å². The lowest BCUT2D eigenvalue weighted by Crippen LogP contribution is -2.32. The SMILES string of the molecule is Cc1ccc(S(=O)(=O)On2c(C=C3CCCC3)cc(C)cc2=O)cc1. The fraction of sp³-hybridized carbons (Fsp3) is 0.316. The number of rotatable bonds is 4. The molecular formula is C19H21NO4S. The highest BCUT2D eigenvalue weighted by Gasteiger charge is 2.19. The first kappa shape index (κ1) is 17.5. The molecule has 1 heterocycles. The number of hydrogen-bond acceptors (Lipinski definition) is 4. The molecule has 0 saturated heterocycles. The summed E-state index contributed by atoms with van der Waals surface area (Å²) in [6, 6.07) is 9.45.